The first-order chi connectivity index (χ1) is 13.1. The van der Waals surface area contributed by atoms with Crippen LogP contribution in [0.15, 0.2) is 109 Å². The van der Waals surface area contributed by atoms with Crippen molar-refractivity contribution in [2.45, 2.75) is 0 Å². The van der Waals surface area contributed by atoms with Crippen LogP contribution in [0.2, 0.25) is 0 Å². The summed E-state index contributed by atoms with van der Waals surface area (Å²) in [5, 5.41) is 2.31. The average Bonchev–Trinajstić information content (AvgIpc) is 2.71. The van der Waals surface area contributed by atoms with Crippen molar-refractivity contribution < 1.29 is 0 Å². The van der Waals surface area contributed by atoms with Gasteiger partial charge in [0.1, 0.15) is 0 Å². The SMILES string of the molecule is C=C/C=C\C(=C)C(=C)c1cc2c(-c3ccccc3)cccc2c(Br)c1C=C. The van der Waals surface area contributed by atoms with Gasteiger partial charge in [0.05, 0.1) is 0 Å². The van der Waals surface area contributed by atoms with Gasteiger partial charge in [-0.3, -0.25) is 0 Å². The minimum atomic E-state index is 0.849. The van der Waals surface area contributed by atoms with Crippen LogP contribution >= 0.6 is 15.9 Å². The van der Waals surface area contributed by atoms with Crippen LogP contribution in [0.25, 0.3) is 33.5 Å². The summed E-state index contributed by atoms with van der Waals surface area (Å²) in [6, 6.07) is 19.0. The van der Waals surface area contributed by atoms with E-state index in [9.17, 15) is 0 Å². The fourth-order valence-corrected chi connectivity index (χ4v) is 3.90. The summed E-state index contributed by atoms with van der Waals surface area (Å²) in [4.78, 5) is 0. The number of hydrogen-bond acceptors (Lipinski definition) is 0. The third-order valence-electron chi connectivity index (χ3n) is 4.59. The Morgan fingerprint density at radius 3 is 2.30 bits per heavy atom. The molecule has 0 spiro atoms. The van der Waals surface area contributed by atoms with Gasteiger partial charge in [0.25, 0.3) is 0 Å². The van der Waals surface area contributed by atoms with E-state index in [1.807, 2.05) is 24.3 Å². The molecular weight excluding hydrogens is 392 g/mol. The van der Waals surface area contributed by atoms with Crippen molar-refractivity contribution in [2.75, 3.05) is 0 Å². The Morgan fingerprint density at radius 2 is 1.63 bits per heavy atom. The predicted molar refractivity (Wildman–Crippen MR) is 125 cm³/mol. The highest BCUT2D eigenvalue weighted by Crippen LogP contribution is 2.40. The first kappa shape index (κ1) is 18.9. The fraction of sp³-hybridized carbons (Fsp3) is 0. The van der Waals surface area contributed by atoms with E-state index in [0.717, 1.165) is 37.5 Å². The highest BCUT2D eigenvalue weighted by molar-refractivity contribution is 9.10. The van der Waals surface area contributed by atoms with E-state index in [4.69, 9.17) is 0 Å². The van der Waals surface area contributed by atoms with Gasteiger partial charge in [0.2, 0.25) is 0 Å². The van der Waals surface area contributed by atoms with Crippen LogP contribution in [-0.4, -0.2) is 0 Å². The third kappa shape index (κ3) is 3.65. The van der Waals surface area contributed by atoms with E-state index >= 15 is 0 Å². The average molecular weight is 413 g/mol. The molecule has 0 amide bonds. The first-order valence-corrected chi connectivity index (χ1v) is 9.48. The minimum Gasteiger partial charge on any atom is -0.0991 e. The van der Waals surface area contributed by atoms with Crippen LogP contribution < -0.4 is 0 Å². The van der Waals surface area contributed by atoms with Crippen LogP contribution in [-0.2, 0) is 0 Å². The Hall–Kier alpha value is -2.90. The molecule has 0 saturated heterocycles. The molecule has 3 rings (SSSR count). The maximum atomic E-state index is 4.28. The van der Waals surface area contributed by atoms with E-state index < -0.39 is 0 Å². The molecular formula is C26H21Br. The smallest absolute Gasteiger partial charge is 0.0332 e. The lowest BCUT2D eigenvalue weighted by Gasteiger charge is -2.17. The number of fused-ring (bicyclic) bond motifs is 1. The van der Waals surface area contributed by atoms with Gasteiger partial charge in [0, 0.05) is 4.47 Å². The molecule has 27 heavy (non-hydrogen) atoms. The lowest BCUT2D eigenvalue weighted by molar-refractivity contribution is 1.56. The van der Waals surface area contributed by atoms with Crippen molar-refractivity contribution in [1.29, 1.82) is 0 Å². The van der Waals surface area contributed by atoms with E-state index in [1.54, 1.807) is 6.08 Å². The molecule has 0 radical (unpaired) electrons. The second kappa shape index (κ2) is 8.20. The van der Waals surface area contributed by atoms with Gasteiger partial charge < -0.3 is 0 Å². The van der Waals surface area contributed by atoms with Crippen molar-refractivity contribution in [3.8, 4) is 11.1 Å². The van der Waals surface area contributed by atoms with Crippen LogP contribution in [0, 0.1) is 0 Å². The van der Waals surface area contributed by atoms with Crippen LogP contribution in [0.5, 0.6) is 0 Å². The van der Waals surface area contributed by atoms with Crippen molar-refractivity contribution in [3.63, 3.8) is 0 Å². The summed E-state index contributed by atoms with van der Waals surface area (Å²) >= 11 is 3.79. The van der Waals surface area contributed by atoms with Crippen molar-refractivity contribution in [2.24, 2.45) is 0 Å². The van der Waals surface area contributed by atoms with Gasteiger partial charge in [-0.2, -0.15) is 0 Å². The molecule has 0 aromatic heterocycles. The van der Waals surface area contributed by atoms with Crippen LogP contribution in [0.1, 0.15) is 11.1 Å². The molecule has 1 heteroatoms. The zero-order chi connectivity index (χ0) is 19.4. The normalized spacial score (nSPS) is 10.9. The Bertz CT molecular complexity index is 1080. The van der Waals surface area contributed by atoms with Crippen molar-refractivity contribution in [1.82, 2.24) is 0 Å². The van der Waals surface area contributed by atoms with E-state index in [0.29, 0.717) is 0 Å². The van der Waals surface area contributed by atoms with Gasteiger partial charge in [-0.25, -0.2) is 0 Å². The fourth-order valence-electron chi connectivity index (χ4n) is 3.17. The molecule has 0 aliphatic rings. The van der Waals surface area contributed by atoms with Crippen LogP contribution in [0.4, 0.5) is 0 Å². The molecule has 3 aromatic rings. The van der Waals surface area contributed by atoms with Crippen LogP contribution in [0.3, 0.4) is 0 Å². The summed E-state index contributed by atoms with van der Waals surface area (Å²) in [7, 11) is 0. The summed E-state index contributed by atoms with van der Waals surface area (Å²) in [5.41, 5.74) is 6.13. The Balaban J connectivity index is 2.30. The molecule has 0 aliphatic carbocycles. The first-order valence-electron chi connectivity index (χ1n) is 8.69. The van der Waals surface area contributed by atoms with Gasteiger partial charge >= 0.3 is 0 Å². The highest BCUT2D eigenvalue weighted by atomic mass is 79.9. The largest absolute Gasteiger partial charge is 0.0991 e. The molecule has 0 atom stereocenters. The molecule has 3 aromatic carbocycles. The zero-order valence-corrected chi connectivity index (χ0v) is 16.8. The lowest BCUT2D eigenvalue weighted by Crippen LogP contribution is -1.94. The molecule has 0 heterocycles. The quantitative estimate of drug-likeness (QED) is 0.357. The lowest BCUT2D eigenvalue weighted by atomic mass is 9.89. The molecule has 0 N–H and O–H groups in total. The van der Waals surface area contributed by atoms with E-state index in [2.05, 4.69) is 90.8 Å². The summed E-state index contributed by atoms with van der Waals surface area (Å²) in [6.45, 7) is 16.2. The number of benzene rings is 3. The van der Waals surface area contributed by atoms with Gasteiger partial charge in [0.15, 0.2) is 0 Å². The Kier molecular flexibility index (Phi) is 5.73. The third-order valence-corrected chi connectivity index (χ3v) is 5.45. The Labute approximate surface area is 169 Å². The number of rotatable bonds is 6. The number of allylic oxidation sites excluding steroid dienone is 5. The summed E-state index contributed by atoms with van der Waals surface area (Å²) < 4.78 is 1.02. The Morgan fingerprint density at radius 1 is 0.889 bits per heavy atom. The monoisotopic (exact) mass is 412 g/mol. The van der Waals surface area contributed by atoms with Gasteiger partial charge in [-0.1, -0.05) is 99.2 Å². The molecule has 0 bridgehead atoms. The molecule has 0 aliphatic heterocycles. The number of hydrogen-bond donors (Lipinski definition) is 0. The van der Waals surface area contributed by atoms with Gasteiger partial charge in [-0.15, -0.1) is 0 Å². The maximum absolute atomic E-state index is 4.28. The maximum Gasteiger partial charge on any atom is 0.0332 e. The second-order valence-electron chi connectivity index (χ2n) is 6.22. The molecule has 0 fully saturated rings. The zero-order valence-electron chi connectivity index (χ0n) is 15.2. The summed E-state index contributed by atoms with van der Waals surface area (Å²) in [5.74, 6) is 0. The van der Waals surface area contributed by atoms with Crippen molar-refractivity contribution in [3.05, 3.63) is 120 Å². The topological polar surface area (TPSA) is 0 Å². The van der Waals surface area contributed by atoms with E-state index in [-0.39, 0.29) is 0 Å². The molecule has 0 nitrogen and oxygen atoms in total. The molecule has 0 saturated carbocycles. The predicted octanol–water partition coefficient (Wildman–Crippen LogP) is 8.22. The van der Waals surface area contributed by atoms with Gasteiger partial charge in [-0.05, 0) is 66.2 Å². The summed E-state index contributed by atoms with van der Waals surface area (Å²) in [6.07, 6.45) is 7.39. The van der Waals surface area contributed by atoms with Crippen molar-refractivity contribution >= 4 is 38.4 Å². The highest BCUT2D eigenvalue weighted by Gasteiger charge is 2.15. The number of halogens is 1. The second-order valence-corrected chi connectivity index (χ2v) is 7.01. The minimum absolute atomic E-state index is 0.849. The molecule has 132 valence electrons. The standard InChI is InChI=1S/C26H21Br/c1-5-7-12-18(3)19(4)24-17-25-22(20-13-9-8-10-14-20)15-11-16-23(25)26(27)21(24)6-2/h5-17H,1-4H2/b12-7-. The molecule has 0 unspecified atom stereocenters. The van der Waals surface area contributed by atoms with E-state index in [1.165, 1.54) is 11.1 Å².